The average Bonchev–Trinajstić information content (AvgIpc) is 2.94. The predicted octanol–water partition coefficient (Wildman–Crippen LogP) is 2.88. The quantitative estimate of drug-likeness (QED) is 0.708. The van der Waals surface area contributed by atoms with Gasteiger partial charge in [0, 0.05) is 11.6 Å². The third-order valence-corrected chi connectivity index (χ3v) is 4.48. The van der Waals surface area contributed by atoms with Gasteiger partial charge in [0.1, 0.15) is 0 Å². The van der Waals surface area contributed by atoms with Crippen LogP contribution in [0.1, 0.15) is 37.7 Å². The molecule has 0 bridgehead atoms. The summed E-state index contributed by atoms with van der Waals surface area (Å²) in [6, 6.07) is 7.56. The molecule has 4 nitrogen and oxygen atoms in total. The van der Waals surface area contributed by atoms with Gasteiger partial charge >= 0.3 is 6.03 Å². The number of nitrogens with one attached hydrogen (secondary N) is 2. The van der Waals surface area contributed by atoms with E-state index in [9.17, 15) is 9.90 Å². The molecule has 1 saturated carbocycles. The summed E-state index contributed by atoms with van der Waals surface area (Å²) >= 11 is 6.09. The number of aliphatic hydroxyl groups excluding tert-OH is 1. The molecule has 1 aromatic carbocycles. The number of aryl methyl sites for hydroxylation is 1. The summed E-state index contributed by atoms with van der Waals surface area (Å²) in [6.45, 7) is 0.610. The van der Waals surface area contributed by atoms with Gasteiger partial charge in [0.15, 0.2) is 0 Å². The van der Waals surface area contributed by atoms with Gasteiger partial charge in [-0.25, -0.2) is 4.79 Å². The monoisotopic (exact) mass is 310 g/mol. The van der Waals surface area contributed by atoms with Gasteiger partial charge in [-0.05, 0) is 37.3 Å². The number of hydrogen-bond acceptors (Lipinski definition) is 2. The molecule has 2 rings (SSSR count). The van der Waals surface area contributed by atoms with Crippen LogP contribution in [0.25, 0.3) is 0 Å². The summed E-state index contributed by atoms with van der Waals surface area (Å²) in [6.07, 6.45) is 5.52. The van der Waals surface area contributed by atoms with E-state index in [0.717, 1.165) is 49.1 Å². The van der Waals surface area contributed by atoms with Crippen molar-refractivity contribution in [2.45, 2.75) is 44.1 Å². The molecule has 0 spiro atoms. The Morgan fingerprint density at radius 3 is 2.67 bits per heavy atom. The Labute approximate surface area is 130 Å². The third kappa shape index (κ3) is 4.61. The normalized spacial score (nSPS) is 16.7. The SMILES string of the molecule is O=C(NCCCc1ccccc1Cl)NC1(CO)CCCC1. The van der Waals surface area contributed by atoms with Crippen molar-refractivity contribution in [3.8, 4) is 0 Å². The predicted molar refractivity (Wildman–Crippen MR) is 84.6 cm³/mol. The fraction of sp³-hybridized carbons (Fsp3) is 0.562. The lowest BCUT2D eigenvalue weighted by Crippen LogP contribution is -2.53. The minimum Gasteiger partial charge on any atom is -0.394 e. The fourth-order valence-corrected chi connectivity index (χ4v) is 3.07. The molecule has 3 N–H and O–H groups in total. The van der Waals surface area contributed by atoms with E-state index in [0.29, 0.717) is 6.54 Å². The number of carbonyl (C=O) groups is 1. The first-order chi connectivity index (χ1) is 10.2. The Morgan fingerprint density at radius 2 is 2.00 bits per heavy atom. The minimum absolute atomic E-state index is 0.0139. The van der Waals surface area contributed by atoms with Crippen molar-refractivity contribution in [1.29, 1.82) is 0 Å². The number of amides is 2. The molecule has 5 heteroatoms. The van der Waals surface area contributed by atoms with Crippen LogP contribution in [0.5, 0.6) is 0 Å². The molecule has 0 aromatic heterocycles. The molecular formula is C16H23ClN2O2. The number of carbonyl (C=O) groups excluding carboxylic acids is 1. The van der Waals surface area contributed by atoms with Crippen LogP contribution in [0.2, 0.25) is 5.02 Å². The third-order valence-electron chi connectivity index (χ3n) is 4.11. The van der Waals surface area contributed by atoms with Crippen LogP contribution in [-0.2, 0) is 6.42 Å². The van der Waals surface area contributed by atoms with Crippen LogP contribution in [-0.4, -0.2) is 29.8 Å². The van der Waals surface area contributed by atoms with Crippen LogP contribution < -0.4 is 10.6 Å². The van der Waals surface area contributed by atoms with Crippen molar-refractivity contribution in [2.75, 3.05) is 13.2 Å². The van der Waals surface area contributed by atoms with Gasteiger partial charge in [0.2, 0.25) is 0 Å². The van der Waals surface area contributed by atoms with E-state index in [1.165, 1.54) is 0 Å². The lowest BCUT2D eigenvalue weighted by atomic mass is 9.99. The highest BCUT2D eigenvalue weighted by Gasteiger charge is 2.34. The van der Waals surface area contributed by atoms with E-state index in [1.807, 2.05) is 24.3 Å². The Bertz CT molecular complexity index is 473. The Balaban J connectivity index is 1.69. The highest BCUT2D eigenvalue weighted by Crippen LogP contribution is 2.28. The average molecular weight is 311 g/mol. The number of benzene rings is 1. The number of halogens is 1. The molecule has 0 saturated heterocycles. The highest BCUT2D eigenvalue weighted by atomic mass is 35.5. The summed E-state index contributed by atoms with van der Waals surface area (Å²) in [4.78, 5) is 11.9. The van der Waals surface area contributed by atoms with Crippen LogP contribution >= 0.6 is 11.6 Å². The minimum atomic E-state index is -0.410. The van der Waals surface area contributed by atoms with Crippen LogP contribution in [0, 0.1) is 0 Å². The number of hydrogen-bond donors (Lipinski definition) is 3. The molecule has 21 heavy (non-hydrogen) atoms. The molecule has 1 aliphatic carbocycles. The molecule has 0 unspecified atom stereocenters. The standard InChI is InChI=1S/C16H23ClN2O2/c17-14-8-2-1-6-13(14)7-5-11-18-15(21)19-16(12-20)9-3-4-10-16/h1-2,6,8,20H,3-5,7,9-12H2,(H2,18,19,21). The van der Waals surface area contributed by atoms with Gasteiger partial charge in [-0.1, -0.05) is 42.6 Å². The zero-order chi connectivity index (χ0) is 15.1. The van der Waals surface area contributed by atoms with E-state index < -0.39 is 5.54 Å². The first kappa shape index (κ1) is 16.1. The van der Waals surface area contributed by atoms with Crippen molar-refractivity contribution < 1.29 is 9.90 Å². The van der Waals surface area contributed by atoms with Gasteiger partial charge in [-0.15, -0.1) is 0 Å². The Kier molecular flexibility index (Phi) is 5.88. The van der Waals surface area contributed by atoms with Gasteiger partial charge in [-0.2, -0.15) is 0 Å². The second kappa shape index (κ2) is 7.66. The zero-order valence-corrected chi connectivity index (χ0v) is 13.0. The number of aliphatic hydroxyl groups is 1. The Morgan fingerprint density at radius 1 is 1.29 bits per heavy atom. The van der Waals surface area contributed by atoms with E-state index in [1.54, 1.807) is 0 Å². The molecule has 0 atom stereocenters. The summed E-state index contributed by atoms with van der Waals surface area (Å²) < 4.78 is 0. The maximum Gasteiger partial charge on any atom is 0.315 e. The molecule has 2 amide bonds. The summed E-state index contributed by atoms with van der Waals surface area (Å²) in [5.74, 6) is 0. The second-order valence-corrected chi connectivity index (χ2v) is 6.13. The van der Waals surface area contributed by atoms with E-state index in [-0.39, 0.29) is 12.6 Å². The van der Waals surface area contributed by atoms with Crippen molar-refractivity contribution in [2.24, 2.45) is 0 Å². The molecule has 1 aliphatic rings. The largest absolute Gasteiger partial charge is 0.394 e. The van der Waals surface area contributed by atoms with Crippen molar-refractivity contribution in [1.82, 2.24) is 10.6 Å². The first-order valence-electron chi connectivity index (χ1n) is 7.55. The molecule has 0 radical (unpaired) electrons. The maximum atomic E-state index is 11.9. The topological polar surface area (TPSA) is 61.4 Å². The smallest absolute Gasteiger partial charge is 0.315 e. The summed E-state index contributed by atoms with van der Waals surface area (Å²) in [5.41, 5.74) is 0.691. The van der Waals surface area contributed by atoms with Gasteiger partial charge in [-0.3, -0.25) is 0 Å². The van der Waals surface area contributed by atoms with Crippen LogP contribution in [0.3, 0.4) is 0 Å². The van der Waals surface area contributed by atoms with Crippen LogP contribution in [0.15, 0.2) is 24.3 Å². The van der Waals surface area contributed by atoms with E-state index in [2.05, 4.69) is 10.6 Å². The van der Waals surface area contributed by atoms with Crippen LogP contribution in [0.4, 0.5) is 4.79 Å². The molecule has 116 valence electrons. The highest BCUT2D eigenvalue weighted by molar-refractivity contribution is 6.31. The van der Waals surface area contributed by atoms with Crippen molar-refractivity contribution in [3.05, 3.63) is 34.9 Å². The zero-order valence-electron chi connectivity index (χ0n) is 12.2. The number of rotatable bonds is 6. The summed E-state index contributed by atoms with van der Waals surface area (Å²) in [7, 11) is 0. The Hall–Kier alpha value is -1.26. The van der Waals surface area contributed by atoms with Crippen molar-refractivity contribution >= 4 is 17.6 Å². The summed E-state index contributed by atoms with van der Waals surface area (Å²) in [5, 5.41) is 16.0. The molecule has 0 aliphatic heterocycles. The van der Waals surface area contributed by atoms with Crippen molar-refractivity contribution in [3.63, 3.8) is 0 Å². The molecule has 1 aromatic rings. The molecule has 1 fully saturated rings. The molecular weight excluding hydrogens is 288 g/mol. The first-order valence-corrected chi connectivity index (χ1v) is 7.93. The second-order valence-electron chi connectivity index (χ2n) is 5.72. The fourth-order valence-electron chi connectivity index (χ4n) is 2.84. The number of urea groups is 1. The van der Waals surface area contributed by atoms with E-state index >= 15 is 0 Å². The van der Waals surface area contributed by atoms with E-state index in [4.69, 9.17) is 11.6 Å². The van der Waals surface area contributed by atoms with Gasteiger partial charge < -0.3 is 15.7 Å². The lowest BCUT2D eigenvalue weighted by molar-refractivity contribution is 0.163. The van der Waals surface area contributed by atoms with Gasteiger partial charge in [0.05, 0.1) is 12.1 Å². The van der Waals surface area contributed by atoms with Gasteiger partial charge in [0.25, 0.3) is 0 Å². The molecule has 0 heterocycles. The lowest BCUT2D eigenvalue weighted by Gasteiger charge is -2.27. The maximum absolute atomic E-state index is 11.9.